The molecule has 0 aliphatic rings. The number of nitrogens with one attached hydrogen (secondary N) is 2. The molecule has 2 aromatic rings. The van der Waals surface area contributed by atoms with Crippen molar-refractivity contribution in [2.24, 2.45) is 5.92 Å². The average molecular weight is 434 g/mol. The maximum atomic E-state index is 12.9. The van der Waals surface area contributed by atoms with Gasteiger partial charge in [0.15, 0.2) is 0 Å². The number of aryl methyl sites for hydroxylation is 1. The van der Waals surface area contributed by atoms with E-state index in [2.05, 4.69) is 10.6 Å². The van der Waals surface area contributed by atoms with Crippen LogP contribution in [0.4, 0.5) is 13.2 Å². The van der Waals surface area contributed by atoms with Gasteiger partial charge in [-0.05, 0) is 23.5 Å². The Balaban J connectivity index is 2.16. The summed E-state index contributed by atoms with van der Waals surface area (Å²) in [6.45, 7) is 2.81. The van der Waals surface area contributed by atoms with Crippen molar-refractivity contribution >= 4 is 17.6 Å². The Morgan fingerprint density at radius 1 is 0.871 bits per heavy atom. The highest BCUT2D eigenvalue weighted by Crippen LogP contribution is 2.22. The van der Waals surface area contributed by atoms with E-state index in [1.807, 2.05) is 30.3 Å². The van der Waals surface area contributed by atoms with Gasteiger partial charge in [-0.3, -0.25) is 14.4 Å². The van der Waals surface area contributed by atoms with Gasteiger partial charge in [0.2, 0.25) is 11.8 Å². The molecule has 1 unspecified atom stereocenters. The maximum Gasteiger partial charge on any atom is 0.452 e. The molecule has 0 spiro atoms. The Morgan fingerprint density at radius 2 is 1.42 bits per heavy atom. The second kappa shape index (κ2) is 10.7. The van der Waals surface area contributed by atoms with Crippen molar-refractivity contribution in [3.05, 3.63) is 71.8 Å². The molecule has 0 aliphatic heterocycles. The highest BCUT2D eigenvalue weighted by Gasteiger charge is 2.45. The molecule has 0 aliphatic carbocycles. The van der Waals surface area contributed by atoms with Gasteiger partial charge in [-0.1, -0.05) is 74.5 Å². The van der Waals surface area contributed by atoms with Crippen molar-refractivity contribution in [3.8, 4) is 0 Å². The minimum absolute atomic E-state index is 0.0930. The Kier molecular flexibility index (Phi) is 8.36. The third-order valence-corrected chi connectivity index (χ3v) is 4.71. The molecule has 0 aromatic heterocycles. The van der Waals surface area contributed by atoms with Gasteiger partial charge >= 0.3 is 6.18 Å². The number of hydrogen-bond acceptors (Lipinski definition) is 3. The summed E-state index contributed by atoms with van der Waals surface area (Å²) in [5.74, 6) is -4.13. The van der Waals surface area contributed by atoms with E-state index in [-0.39, 0.29) is 6.42 Å². The lowest BCUT2D eigenvalue weighted by Crippen LogP contribution is -2.52. The molecule has 166 valence electrons. The van der Waals surface area contributed by atoms with Crippen molar-refractivity contribution in [1.82, 2.24) is 10.6 Å². The van der Waals surface area contributed by atoms with Gasteiger partial charge in [0.25, 0.3) is 5.78 Å². The van der Waals surface area contributed by atoms with Crippen LogP contribution in [0.1, 0.15) is 37.4 Å². The zero-order valence-corrected chi connectivity index (χ0v) is 17.3. The summed E-state index contributed by atoms with van der Waals surface area (Å²) >= 11 is 0. The molecule has 0 bridgehead atoms. The molecule has 5 nitrogen and oxygen atoms in total. The molecule has 2 N–H and O–H groups in total. The smallest absolute Gasteiger partial charge is 0.344 e. The third-order valence-electron chi connectivity index (χ3n) is 4.71. The standard InChI is InChI=1S/C23H25F3N2O3/c1-15(2)19(21(30)23(24,25)26)28-22(31)20(17-11-7-4-8-12-17)27-18(29)14-13-16-9-5-3-6-10-16/h3-12,15,19-20H,13-14H2,1-2H3,(H,27,29)(H,28,31)/t19-,20?/m0/s1. The molecule has 31 heavy (non-hydrogen) atoms. The largest absolute Gasteiger partial charge is 0.452 e. The molecule has 0 radical (unpaired) electrons. The summed E-state index contributed by atoms with van der Waals surface area (Å²) in [5, 5.41) is 4.76. The van der Waals surface area contributed by atoms with Gasteiger partial charge in [-0.2, -0.15) is 13.2 Å². The zero-order chi connectivity index (χ0) is 23.0. The predicted molar refractivity (Wildman–Crippen MR) is 110 cm³/mol. The van der Waals surface area contributed by atoms with E-state index >= 15 is 0 Å². The van der Waals surface area contributed by atoms with Crippen LogP contribution in [-0.2, 0) is 20.8 Å². The van der Waals surface area contributed by atoms with E-state index in [1.54, 1.807) is 30.3 Å². The molecule has 0 saturated carbocycles. The second-order valence-electron chi connectivity index (χ2n) is 7.49. The molecular weight excluding hydrogens is 409 g/mol. The van der Waals surface area contributed by atoms with Gasteiger partial charge in [-0.15, -0.1) is 0 Å². The number of halogens is 3. The lowest BCUT2D eigenvalue weighted by Gasteiger charge is -2.26. The van der Waals surface area contributed by atoms with Crippen LogP contribution in [0.25, 0.3) is 0 Å². The van der Waals surface area contributed by atoms with E-state index in [4.69, 9.17) is 0 Å². The molecule has 2 atom stereocenters. The fourth-order valence-electron chi connectivity index (χ4n) is 3.03. The number of ketones is 1. The summed E-state index contributed by atoms with van der Waals surface area (Å²) in [5.41, 5.74) is 1.34. The summed E-state index contributed by atoms with van der Waals surface area (Å²) in [6.07, 6.45) is -4.55. The highest BCUT2D eigenvalue weighted by atomic mass is 19.4. The number of rotatable bonds is 9. The Bertz CT molecular complexity index is 884. The number of amides is 2. The summed E-state index contributed by atoms with van der Waals surface area (Å²) < 4.78 is 38.8. The lowest BCUT2D eigenvalue weighted by atomic mass is 9.98. The topological polar surface area (TPSA) is 75.3 Å². The first kappa shape index (κ1) is 24.1. The van der Waals surface area contributed by atoms with Crippen LogP contribution in [-0.4, -0.2) is 29.8 Å². The first-order chi connectivity index (χ1) is 14.6. The molecule has 2 rings (SSSR count). The molecule has 0 fully saturated rings. The van der Waals surface area contributed by atoms with Gasteiger partial charge < -0.3 is 10.6 Å². The van der Waals surface area contributed by atoms with Crippen LogP contribution >= 0.6 is 0 Å². The normalized spacial score (nSPS) is 13.4. The SMILES string of the molecule is CC(C)[C@H](NC(=O)C(NC(=O)CCc1ccccc1)c1ccccc1)C(=O)C(F)(F)F. The van der Waals surface area contributed by atoms with E-state index in [0.717, 1.165) is 5.56 Å². The monoisotopic (exact) mass is 434 g/mol. The number of carbonyl (C=O) groups is 3. The van der Waals surface area contributed by atoms with E-state index in [1.165, 1.54) is 13.8 Å². The number of carbonyl (C=O) groups excluding carboxylic acids is 3. The minimum atomic E-state index is -5.08. The Morgan fingerprint density at radius 3 is 1.94 bits per heavy atom. The maximum absolute atomic E-state index is 12.9. The van der Waals surface area contributed by atoms with Crippen molar-refractivity contribution in [2.45, 2.75) is 44.9 Å². The Hall–Kier alpha value is -3.16. The summed E-state index contributed by atoms with van der Waals surface area (Å²) in [6, 6.07) is 14.5. The van der Waals surface area contributed by atoms with Gasteiger partial charge in [0, 0.05) is 6.42 Å². The first-order valence-electron chi connectivity index (χ1n) is 9.89. The number of alkyl halides is 3. The van der Waals surface area contributed by atoms with Crippen LogP contribution < -0.4 is 10.6 Å². The molecule has 8 heteroatoms. The van der Waals surface area contributed by atoms with Crippen LogP contribution in [0.3, 0.4) is 0 Å². The van der Waals surface area contributed by atoms with Crippen LogP contribution in [0, 0.1) is 5.92 Å². The summed E-state index contributed by atoms with van der Waals surface area (Å²) in [4.78, 5) is 37.1. The minimum Gasteiger partial charge on any atom is -0.344 e. The van der Waals surface area contributed by atoms with E-state index in [0.29, 0.717) is 12.0 Å². The predicted octanol–water partition coefficient (Wildman–Crippen LogP) is 3.75. The molecule has 0 heterocycles. The molecule has 2 amide bonds. The quantitative estimate of drug-likeness (QED) is 0.631. The molecule has 0 saturated heterocycles. The number of hydrogen-bond donors (Lipinski definition) is 2. The first-order valence-corrected chi connectivity index (χ1v) is 9.89. The Labute approximate surface area is 179 Å². The van der Waals surface area contributed by atoms with Crippen molar-refractivity contribution in [1.29, 1.82) is 0 Å². The van der Waals surface area contributed by atoms with Crippen LogP contribution in [0.15, 0.2) is 60.7 Å². The average Bonchev–Trinajstić information content (AvgIpc) is 2.74. The van der Waals surface area contributed by atoms with Crippen molar-refractivity contribution < 1.29 is 27.6 Å². The summed E-state index contributed by atoms with van der Waals surface area (Å²) in [7, 11) is 0. The van der Waals surface area contributed by atoms with Crippen molar-refractivity contribution in [2.75, 3.05) is 0 Å². The van der Waals surface area contributed by atoms with Crippen LogP contribution in [0.5, 0.6) is 0 Å². The fraction of sp³-hybridized carbons (Fsp3) is 0.348. The van der Waals surface area contributed by atoms with E-state index in [9.17, 15) is 27.6 Å². The van der Waals surface area contributed by atoms with Gasteiger partial charge in [-0.25, -0.2) is 0 Å². The second-order valence-corrected chi connectivity index (χ2v) is 7.49. The van der Waals surface area contributed by atoms with Gasteiger partial charge in [0.05, 0.1) is 6.04 Å². The highest BCUT2D eigenvalue weighted by molar-refractivity contribution is 5.95. The molecule has 2 aromatic carbocycles. The van der Waals surface area contributed by atoms with Crippen molar-refractivity contribution in [3.63, 3.8) is 0 Å². The van der Waals surface area contributed by atoms with Crippen LogP contribution in [0.2, 0.25) is 0 Å². The number of Topliss-reactive ketones (excluding diaryl/α,β-unsaturated/α-hetero) is 1. The van der Waals surface area contributed by atoms with Gasteiger partial charge in [0.1, 0.15) is 6.04 Å². The zero-order valence-electron chi connectivity index (χ0n) is 17.3. The van der Waals surface area contributed by atoms with E-state index < -0.39 is 41.8 Å². The molecular formula is C23H25F3N2O3. The number of benzene rings is 2. The lowest BCUT2D eigenvalue weighted by molar-refractivity contribution is -0.175. The third kappa shape index (κ3) is 7.24. The fourth-order valence-corrected chi connectivity index (χ4v) is 3.03.